The van der Waals surface area contributed by atoms with Gasteiger partial charge in [-0.1, -0.05) is 24.3 Å². The molecule has 0 spiro atoms. The Labute approximate surface area is 147 Å². The van der Waals surface area contributed by atoms with Crippen LogP contribution < -0.4 is 5.32 Å². The predicted molar refractivity (Wildman–Crippen MR) is 96.5 cm³/mol. The second-order valence-corrected chi connectivity index (χ2v) is 6.72. The molecule has 1 N–H and O–H groups in total. The smallest absolute Gasteiger partial charge is 0.290 e. The van der Waals surface area contributed by atoms with Crippen molar-refractivity contribution in [2.75, 3.05) is 0 Å². The Bertz CT molecular complexity index is 1040. The minimum Gasteiger partial charge on any atom is -0.343 e. The number of halogens is 1. The molecule has 0 saturated carbocycles. The summed E-state index contributed by atoms with van der Waals surface area (Å²) in [6.07, 6.45) is 3.66. The summed E-state index contributed by atoms with van der Waals surface area (Å²) in [6, 6.07) is 14.2. The van der Waals surface area contributed by atoms with Gasteiger partial charge in [-0.15, -0.1) is 0 Å². The number of nitrogens with zero attached hydrogens (tertiary/aromatic N) is 1. The van der Waals surface area contributed by atoms with Crippen LogP contribution in [0.4, 0.5) is 9.18 Å². The molecule has 6 heteroatoms. The van der Waals surface area contributed by atoms with Crippen molar-refractivity contribution >= 4 is 39.9 Å². The van der Waals surface area contributed by atoms with Gasteiger partial charge in [-0.2, -0.15) is 0 Å². The molecule has 0 bridgehead atoms. The van der Waals surface area contributed by atoms with Gasteiger partial charge in [-0.05, 0) is 53.2 Å². The molecule has 1 aliphatic rings. The molecule has 2 heterocycles. The van der Waals surface area contributed by atoms with Gasteiger partial charge in [0.05, 0.1) is 4.91 Å². The summed E-state index contributed by atoms with van der Waals surface area (Å²) < 4.78 is 15.4. The summed E-state index contributed by atoms with van der Waals surface area (Å²) in [4.78, 5) is 23.4. The van der Waals surface area contributed by atoms with Gasteiger partial charge >= 0.3 is 0 Å². The van der Waals surface area contributed by atoms with E-state index in [1.54, 1.807) is 12.1 Å². The van der Waals surface area contributed by atoms with Crippen molar-refractivity contribution < 1.29 is 14.0 Å². The number of carbonyl (C=O) groups excluding carboxylic acids is 2. The highest BCUT2D eigenvalue weighted by Gasteiger charge is 2.25. The van der Waals surface area contributed by atoms with E-state index >= 15 is 0 Å². The maximum Gasteiger partial charge on any atom is 0.290 e. The van der Waals surface area contributed by atoms with Gasteiger partial charge in [0, 0.05) is 23.6 Å². The third-order valence-corrected chi connectivity index (χ3v) is 4.83. The Morgan fingerprint density at radius 3 is 2.72 bits per heavy atom. The summed E-state index contributed by atoms with van der Waals surface area (Å²) in [5, 5.41) is 2.87. The highest BCUT2D eigenvalue weighted by Crippen LogP contribution is 2.29. The van der Waals surface area contributed by atoms with Crippen molar-refractivity contribution in [3.63, 3.8) is 0 Å². The van der Waals surface area contributed by atoms with Crippen molar-refractivity contribution in [2.24, 2.45) is 0 Å². The molecule has 0 atom stereocenters. The fourth-order valence-electron chi connectivity index (χ4n) is 2.91. The monoisotopic (exact) mass is 352 g/mol. The van der Waals surface area contributed by atoms with Crippen LogP contribution in [0.3, 0.4) is 0 Å². The standard InChI is InChI=1S/C19H13FN2O2S/c20-14-5-1-3-12(9-14)11-22-8-7-15-13(4-2-6-16(15)22)10-17-18(23)21-19(24)25-17/h1-10H,11H2,(H,21,23,24)/b17-10-. The number of nitrogens with one attached hydrogen (secondary N) is 1. The summed E-state index contributed by atoms with van der Waals surface area (Å²) in [6.45, 7) is 0.551. The molecule has 2 aromatic carbocycles. The number of aromatic nitrogens is 1. The van der Waals surface area contributed by atoms with Gasteiger partial charge in [0.2, 0.25) is 0 Å². The first-order valence-electron chi connectivity index (χ1n) is 7.67. The van der Waals surface area contributed by atoms with E-state index in [0.29, 0.717) is 11.4 Å². The number of rotatable bonds is 3. The van der Waals surface area contributed by atoms with Crippen LogP contribution in [0.2, 0.25) is 0 Å². The van der Waals surface area contributed by atoms with E-state index in [4.69, 9.17) is 0 Å². The zero-order chi connectivity index (χ0) is 17.4. The molecule has 1 aliphatic heterocycles. The lowest BCUT2D eigenvalue weighted by atomic mass is 10.1. The number of hydrogen-bond donors (Lipinski definition) is 1. The largest absolute Gasteiger partial charge is 0.343 e. The molecule has 1 saturated heterocycles. The molecule has 1 fully saturated rings. The quantitative estimate of drug-likeness (QED) is 0.721. The van der Waals surface area contributed by atoms with Gasteiger partial charge < -0.3 is 4.57 Å². The van der Waals surface area contributed by atoms with Crippen LogP contribution >= 0.6 is 11.8 Å². The Morgan fingerprint density at radius 2 is 1.96 bits per heavy atom. The van der Waals surface area contributed by atoms with Crippen LogP contribution in [0.25, 0.3) is 17.0 Å². The van der Waals surface area contributed by atoms with E-state index in [2.05, 4.69) is 5.32 Å². The van der Waals surface area contributed by atoms with Crippen LogP contribution in [-0.4, -0.2) is 15.7 Å². The Kier molecular flexibility index (Phi) is 3.89. The number of amides is 2. The molecule has 4 nitrogen and oxygen atoms in total. The maximum atomic E-state index is 13.4. The zero-order valence-electron chi connectivity index (χ0n) is 13.0. The average Bonchev–Trinajstić information content (AvgIpc) is 3.12. The first-order chi connectivity index (χ1) is 12.1. The SMILES string of the molecule is O=C1NC(=O)/C(=C/c2cccc3c2ccn3Cc2cccc(F)c2)S1. The minimum absolute atomic E-state index is 0.256. The summed E-state index contributed by atoms with van der Waals surface area (Å²) in [7, 11) is 0. The highest BCUT2D eigenvalue weighted by atomic mass is 32.2. The lowest BCUT2D eigenvalue weighted by Gasteiger charge is -2.07. The molecular weight excluding hydrogens is 339 g/mol. The van der Waals surface area contributed by atoms with Gasteiger partial charge in [0.15, 0.2) is 0 Å². The molecule has 0 aliphatic carbocycles. The first-order valence-corrected chi connectivity index (χ1v) is 8.49. The molecular formula is C19H13FN2O2S. The fraction of sp³-hybridized carbons (Fsp3) is 0.0526. The number of carbonyl (C=O) groups is 2. The predicted octanol–water partition coefficient (Wildman–Crippen LogP) is 4.15. The fourth-order valence-corrected chi connectivity index (χ4v) is 3.58. The Morgan fingerprint density at radius 1 is 1.12 bits per heavy atom. The van der Waals surface area contributed by atoms with E-state index in [-0.39, 0.29) is 17.0 Å². The van der Waals surface area contributed by atoms with Crippen molar-refractivity contribution in [3.8, 4) is 0 Å². The van der Waals surface area contributed by atoms with Crippen molar-refractivity contribution in [1.82, 2.24) is 9.88 Å². The Hall–Kier alpha value is -2.86. The van der Waals surface area contributed by atoms with E-state index in [1.165, 1.54) is 12.1 Å². The maximum absolute atomic E-state index is 13.4. The van der Waals surface area contributed by atoms with Crippen LogP contribution in [0.5, 0.6) is 0 Å². The van der Waals surface area contributed by atoms with Crippen molar-refractivity contribution in [2.45, 2.75) is 6.54 Å². The topological polar surface area (TPSA) is 51.1 Å². The number of benzene rings is 2. The summed E-state index contributed by atoms with van der Waals surface area (Å²) in [5.74, 6) is -0.625. The number of fused-ring (bicyclic) bond motifs is 1. The zero-order valence-corrected chi connectivity index (χ0v) is 13.8. The lowest BCUT2D eigenvalue weighted by molar-refractivity contribution is -0.115. The van der Waals surface area contributed by atoms with Gasteiger partial charge in [0.1, 0.15) is 5.82 Å². The van der Waals surface area contributed by atoms with Crippen LogP contribution in [0.15, 0.2) is 59.6 Å². The number of hydrogen-bond acceptors (Lipinski definition) is 3. The number of imide groups is 1. The van der Waals surface area contributed by atoms with Gasteiger partial charge in [0.25, 0.3) is 11.1 Å². The first kappa shape index (κ1) is 15.7. The van der Waals surface area contributed by atoms with Crippen molar-refractivity contribution in [3.05, 3.63) is 76.6 Å². The molecule has 4 rings (SSSR count). The molecule has 124 valence electrons. The Balaban J connectivity index is 1.72. The summed E-state index contributed by atoms with van der Waals surface area (Å²) >= 11 is 0.901. The molecule has 3 aromatic rings. The highest BCUT2D eigenvalue weighted by molar-refractivity contribution is 8.18. The molecule has 1 aromatic heterocycles. The summed E-state index contributed by atoms with van der Waals surface area (Å²) in [5.41, 5.74) is 2.72. The minimum atomic E-state index is -0.369. The van der Waals surface area contributed by atoms with E-state index in [0.717, 1.165) is 33.8 Å². The van der Waals surface area contributed by atoms with Gasteiger partial charge in [-0.3, -0.25) is 14.9 Å². The third-order valence-electron chi connectivity index (χ3n) is 4.02. The third kappa shape index (κ3) is 3.08. The number of thioether (sulfide) groups is 1. The van der Waals surface area contributed by atoms with Gasteiger partial charge in [-0.25, -0.2) is 4.39 Å². The van der Waals surface area contributed by atoms with Crippen molar-refractivity contribution in [1.29, 1.82) is 0 Å². The molecule has 25 heavy (non-hydrogen) atoms. The van der Waals surface area contributed by atoms with Crippen LogP contribution in [0.1, 0.15) is 11.1 Å². The molecule has 0 unspecified atom stereocenters. The van der Waals surface area contributed by atoms with E-state index < -0.39 is 0 Å². The van der Waals surface area contributed by atoms with E-state index in [9.17, 15) is 14.0 Å². The van der Waals surface area contributed by atoms with E-state index in [1.807, 2.05) is 41.1 Å². The van der Waals surface area contributed by atoms with Crippen LogP contribution in [0, 0.1) is 5.82 Å². The normalized spacial score (nSPS) is 16.0. The molecule has 0 radical (unpaired) electrons. The average molecular weight is 352 g/mol. The second-order valence-electron chi connectivity index (χ2n) is 5.71. The molecule has 2 amide bonds. The second kappa shape index (κ2) is 6.22. The van der Waals surface area contributed by atoms with Crippen LogP contribution in [-0.2, 0) is 11.3 Å². The lowest BCUT2D eigenvalue weighted by Crippen LogP contribution is -2.17.